The fourth-order valence-electron chi connectivity index (χ4n) is 1.70. The maximum Gasteiger partial charge on any atom is 0.251 e. The molecule has 4 heteroatoms. The summed E-state index contributed by atoms with van der Waals surface area (Å²) < 4.78 is 5.41. The highest BCUT2D eigenvalue weighted by Gasteiger charge is 2.07. The van der Waals surface area contributed by atoms with E-state index in [0.29, 0.717) is 16.9 Å². The van der Waals surface area contributed by atoms with E-state index in [-0.39, 0.29) is 18.3 Å². The Morgan fingerprint density at radius 3 is 2.20 bits per heavy atom. The summed E-state index contributed by atoms with van der Waals surface area (Å²) in [5.74, 6) is 0.319. The summed E-state index contributed by atoms with van der Waals surface area (Å²) in [7, 11) is 1.57. The average molecular weight is 269 g/mol. The summed E-state index contributed by atoms with van der Waals surface area (Å²) in [5.41, 5.74) is 1.17. The molecule has 2 aromatic carbocycles. The van der Waals surface area contributed by atoms with Crippen LogP contribution in [0.15, 0.2) is 54.6 Å². The van der Waals surface area contributed by atoms with Gasteiger partial charge in [0.05, 0.1) is 0 Å². The van der Waals surface area contributed by atoms with Gasteiger partial charge in [-0.15, -0.1) is 0 Å². The highest BCUT2D eigenvalue weighted by atomic mass is 16.5. The Hall–Kier alpha value is -2.62. The first-order valence-electron chi connectivity index (χ1n) is 6.24. The van der Waals surface area contributed by atoms with Crippen molar-refractivity contribution in [3.8, 4) is 5.75 Å². The summed E-state index contributed by atoms with van der Waals surface area (Å²) in [6, 6.07) is 15.6. The number of carbonyl (C=O) groups excluding carboxylic acids is 2. The van der Waals surface area contributed by atoms with E-state index in [1.54, 1.807) is 43.4 Å². The SMILES string of the molecule is CNC(=O)c1ccc(OCC(=O)c2ccccc2)cc1. The molecule has 0 radical (unpaired) electrons. The van der Waals surface area contributed by atoms with Crippen LogP contribution in [-0.2, 0) is 0 Å². The average Bonchev–Trinajstić information content (AvgIpc) is 2.53. The van der Waals surface area contributed by atoms with Crippen LogP contribution in [-0.4, -0.2) is 25.3 Å². The Balaban J connectivity index is 1.94. The van der Waals surface area contributed by atoms with Crippen LogP contribution in [0.4, 0.5) is 0 Å². The summed E-state index contributed by atoms with van der Waals surface area (Å²) in [6.45, 7) is -0.0245. The van der Waals surface area contributed by atoms with E-state index >= 15 is 0 Å². The second-order valence-corrected chi connectivity index (χ2v) is 4.18. The molecule has 1 N–H and O–H groups in total. The highest BCUT2D eigenvalue weighted by Crippen LogP contribution is 2.12. The molecule has 0 aliphatic heterocycles. The molecule has 0 aliphatic rings. The lowest BCUT2D eigenvalue weighted by atomic mass is 10.1. The van der Waals surface area contributed by atoms with Gasteiger partial charge in [0.15, 0.2) is 12.4 Å². The minimum absolute atomic E-state index is 0.0245. The van der Waals surface area contributed by atoms with Gasteiger partial charge >= 0.3 is 0 Å². The first-order valence-corrected chi connectivity index (χ1v) is 6.24. The molecule has 0 heterocycles. The van der Waals surface area contributed by atoms with Gasteiger partial charge in [-0.25, -0.2) is 0 Å². The van der Waals surface area contributed by atoms with Gasteiger partial charge in [-0.3, -0.25) is 9.59 Å². The molecule has 0 aliphatic carbocycles. The maximum absolute atomic E-state index is 11.9. The first kappa shape index (κ1) is 13.8. The number of ether oxygens (including phenoxy) is 1. The van der Waals surface area contributed by atoms with E-state index in [9.17, 15) is 9.59 Å². The van der Waals surface area contributed by atoms with Crippen molar-refractivity contribution >= 4 is 11.7 Å². The molecule has 0 atom stereocenters. The van der Waals surface area contributed by atoms with Crippen molar-refractivity contribution in [3.05, 3.63) is 65.7 Å². The lowest BCUT2D eigenvalue weighted by molar-refractivity contribution is 0.0919. The molecule has 0 saturated carbocycles. The maximum atomic E-state index is 11.9. The summed E-state index contributed by atoms with van der Waals surface area (Å²) in [6.07, 6.45) is 0. The molecule has 0 aromatic heterocycles. The molecule has 20 heavy (non-hydrogen) atoms. The number of hydrogen-bond acceptors (Lipinski definition) is 3. The van der Waals surface area contributed by atoms with Crippen molar-refractivity contribution in [1.82, 2.24) is 5.32 Å². The molecule has 0 fully saturated rings. The van der Waals surface area contributed by atoms with E-state index in [1.165, 1.54) is 0 Å². The molecule has 102 valence electrons. The molecule has 4 nitrogen and oxygen atoms in total. The third kappa shape index (κ3) is 3.45. The van der Waals surface area contributed by atoms with Gasteiger partial charge in [0.25, 0.3) is 5.91 Å². The number of hydrogen-bond donors (Lipinski definition) is 1. The third-order valence-corrected chi connectivity index (χ3v) is 2.81. The van der Waals surface area contributed by atoms with Crippen LogP contribution in [0.1, 0.15) is 20.7 Å². The van der Waals surface area contributed by atoms with Crippen LogP contribution >= 0.6 is 0 Å². The standard InChI is InChI=1S/C16H15NO3/c1-17-16(19)13-7-9-14(10-8-13)20-11-15(18)12-5-3-2-4-6-12/h2-10H,11H2,1H3,(H,17,19). The monoisotopic (exact) mass is 269 g/mol. The first-order chi connectivity index (χ1) is 9.70. The van der Waals surface area contributed by atoms with E-state index in [1.807, 2.05) is 18.2 Å². The Bertz CT molecular complexity index is 591. The molecule has 0 saturated heterocycles. The molecule has 0 bridgehead atoms. The van der Waals surface area contributed by atoms with Gasteiger partial charge in [0, 0.05) is 18.2 Å². The summed E-state index contributed by atoms with van der Waals surface area (Å²) >= 11 is 0. The molecular formula is C16H15NO3. The van der Waals surface area contributed by atoms with Crippen molar-refractivity contribution < 1.29 is 14.3 Å². The van der Waals surface area contributed by atoms with Crippen LogP contribution in [0.3, 0.4) is 0 Å². The van der Waals surface area contributed by atoms with E-state index in [0.717, 1.165) is 0 Å². The lowest BCUT2D eigenvalue weighted by Gasteiger charge is -2.06. The van der Waals surface area contributed by atoms with Crippen molar-refractivity contribution in [2.75, 3.05) is 13.7 Å². The number of rotatable bonds is 5. The van der Waals surface area contributed by atoms with Crippen molar-refractivity contribution in [1.29, 1.82) is 0 Å². The Morgan fingerprint density at radius 1 is 0.950 bits per heavy atom. The predicted molar refractivity (Wildman–Crippen MR) is 76.1 cm³/mol. The molecule has 1 amide bonds. The van der Waals surface area contributed by atoms with Gasteiger partial charge in [-0.2, -0.15) is 0 Å². The second-order valence-electron chi connectivity index (χ2n) is 4.18. The number of ketones is 1. The van der Waals surface area contributed by atoms with Gasteiger partial charge in [0.2, 0.25) is 0 Å². The van der Waals surface area contributed by atoms with Crippen molar-refractivity contribution in [3.63, 3.8) is 0 Å². The number of carbonyl (C=O) groups is 2. The number of benzene rings is 2. The predicted octanol–water partition coefficient (Wildman–Crippen LogP) is 2.31. The van der Waals surface area contributed by atoms with Crippen LogP contribution in [0.25, 0.3) is 0 Å². The zero-order chi connectivity index (χ0) is 14.4. The topological polar surface area (TPSA) is 55.4 Å². The van der Waals surface area contributed by atoms with Crippen LogP contribution in [0, 0.1) is 0 Å². The van der Waals surface area contributed by atoms with Crippen LogP contribution < -0.4 is 10.1 Å². The van der Waals surface area contributed by atoms with Crippen molar-refractivity contribution in [2.45, 2.75) is 0 Å². The van der Waals surface area contributed by atoms with Crippen LogP contribution in [0.2, 0.25) is 0 Å². The molecule has 2 rings (SSSR count). The quantitative estimate of drug-likeness (QED) is 0.847. The highest BCUT2D eigenvalue weighted by molar-refractivity contribution is 5.97. The van der Waals surface area contributed by atoms with E-state index in [4.69, 9.17) is 4.74 Å². The van der Waals surface area contributed by atoms with Gasteiger partial charge in [0.1, 0.15) is 5.75 Å². The summed E-state index contributed by atoms with van der Waals surface area (Å²) in [4.78, 5) is 23.2. The number of nitrogens with one attached hydrogen (secondary N) is 1. The van der Waals surface area contributed by atoms with Gasteiger partial charge < -0.3 is 10.1 Å². The largest absolute Gasteiger partial charge is 0.485 e. The zero-order valence-corrected chi connectivity index (χ0v) is 11.1. The van der Waals surface area contributed by atoms with E-state index < -0.39 is 0 Å². The van der Waals surface area contributed by atoms with Crippen LogP contribution in [0.5, 0.6) is 5.75 Å². The molecule has 0 spiro atoms. The minimum Gasteiger partial charge on any atom is -0.485 e. The minimum atomic E-state index is -0.156. The third-order valence-electron chi connectivity index (χ3n) is 2.81. The Kier molecular flexibility index (Phi) is 4.50. The molecular weight excluding hydrogens is 254 g/mol. The second kappa shape index (κ2) is 6.52. The number of Topliss-reactive ketones (excluding diaryl/α,β-unsaturated/α-hetero) is 1. The van der Waals surface area contributed by atoms with Gasteiger partial charge in [-0.05, 0) is 24.3 Å². The lowest BCUT2D eigenvalue weighted by Crippen LogP contribution is -2.17. The fourth-order valence-corrected chi connectivity index (χ4v) is 1.70. The summed E-state index contributed by atoms with van der Waals surface area (Å²) in [5, 5.41) is 2.54. The smallest absolute Gasteiger partial charge is 0.251 e. The Morgan fingerprint density at radius 2 is 1.60 bits per heavy atom. The molecule has 2 aromatic rings. The fraction of sp³-hybridized carbons (Fsp3) is 0.125. The molecule has 0 unspecified atom stereocenters. The Labute approximate surface area is 117 Å². The van der Waals surface area contributed by atoms with E-state index in [2.05, 4.69) is 5.32 Å². The zero-order valence-electron chi connectivity index (χ0n) is 11.1. The normalized spacial score (nSPS) is 9.85. The number of amides is 1. The van der Waals surface area contributed by atoms with Crippen molar-refractivity contribution in [2.24, 2.45) is 0 Å². The van der Waals surface area contributed by atoms with Gasteiger partial charge in [-0.1, -0.05) is 30.3 Å².